The van der Waals surface area contributed by atoms with E-state index >= 15 is 0 Å². The summed E-state index contributed by atoms with van der Waals surface area (Å²) < 4.78 is 1.16. The molecule has 6 nitrogen and oxygen atoms in total. The Balaban J connectivity index is 1.42. The fourth-order valence-electron chi connectivity index (χ4n) is 3.22. The second-order valence-corrected chi connectivity index (χ2v) is 9.31. The molecule has 4 rings (SSSR count). The van der Waals surface area contributed by atoms with Crippen LogP contribution in [0, 0.1) is 0 Å². The molecule has 0 fully saturated rings. The number of thioether (sulfide) groups is 1. The van der Waals surface area contributed by atoms with E-state index in [0.717, 1.165) is 15.2 Å². The van der Waals surface area contributed by atoms with Gasteiger partial charge in [0.25, 0.3) is 5.56 Å². The molecule has 30 heavy (non-hydrogen) atoms. The van der Waals surface area contributed by atoms with E-state index in [9.17, 15) is 9.59 Å². The highest BCUT2D eigenvalue weighted by molar-refractivity contribution is 7.99. The van der Waals surface area contributed by atoms with Crippen molar-refractivity contribution >= 4 is 50.1 Å². The molecule has 0 radical (unpaired) electrons. The SMILES string of the molecule is CC(C)N(Cc1nc2ccccc2c(=O)[nH]1)C(=O)CSCc1nc2ccccc2s1. The standard InChI is InChI=1S/C22H22N4O2S2/c1-14(2)26(11-19-23-16-8-4-3-7-15(16)22(28)25-19)21(27)13-29-12-20-24-17-9-5-6-10-18(17)30-20/h3-10,14H,11-13H2,1-2H3,(H,23,25,28). The molecule has 0 saturated carbocycles. The lowest BCUT2D eigenvalue weighted by Crippen LogP contribution is -2.38. The number of H-pyrrole nitrogens is 1. The highest BCUT2D eigenvalue weighted by Crippen LogP contribution is 2.25. The summed E-state index contributed by atoms with van der Waals surface area (Å²) in [5, 5.41) is 1.57. The van der Waals surface area contributed by atoms with E-state index in [1.807, 2.05) is 50.2 Å². The van der Waals surface area contributed by atoms with E-state index in [4.69, 9.17) is 0 Å². The van der Waals surface area contributed by atoms with Gasteiger partial charge < -0.3 is 9.88 Å². The lowest BCUT2D eigenvalue weighted by molar-refractivity contribution is -0.130. The third-order valence-corrected chi connectivity index (χ3v) is 6.86. The molecule has 0 saturated heterocycles. The van der Waals surface area contributed by atoms with Crippen LogP contribution in [-0.2, 0) is 17.1 Å². The number of nitrogens with zero attached hydrogens (tertiary/aromatic N) is 3. The minimum atomic E-state index is -0.183. The molecule has 2 aromatic heterocycles. The van der Waals surface area contributed by atoms with Gasteiger partial charge in [-0.25, -0.2) is 9.97 Å². The summed E-state index contributed by atoms with van der Waals surface area (Å²) in [5.41, 5.74) is 1.45. The van der Waals surface area contributed by atoms with Crippen LogP contribution in [0.2, 0.25) is 0 Å². The Hall–Kier alpha value is -2.71. The summed E-state index contributed by atoms with van der Waals surface area (Å²) in [6.07, 6.45) is 0. The fraction of sp³-hybridized carbons (Fsp3) is 0.273. The van der Waals surface area contributed by atoms with Gasteiger partial charge in [-0.1, -0.05) is 24.3 Å². The number of amides is 1. The fourth-order valence-corrected chi connectivity index (χ4v) is 5.15. The maximum absolute atomic E-state index is 12.9. The quantitative estimate of drug-likeness (QED) is 0.468. The van der Waals surface area contributed by atoms with Crippen LogP contribution in [-0.4, -0.2) is 37.6 Å². The van der Waals surface area contributed by atoms with Gasteiger partial charge in [0.15, 0.2) is 0 Å². The lowest BCUT2D eigenvalue weighted by Gasteiger charge is -2.26. The molecule has 1 N–H and O–H groups in total. The average Bonchev–Trinajstić information content (AvgIpc) is 3.14. The zero-order valence-corrected chi connectivity index (χ0v) is 18.4. The molecule has 0 atom stereocenters. The van der Waals surface area contributed by atoms with Gasteiger partial charge in [0.05, 0.1) is 33.4 Å². The second kappa shape index (κ2) is 8.97. The van der Waals surface area contributed by atoms with Crippen molar-refractivity contribution in [3.8, 4) is 0 Å². The van der Waals surface area contributed by atoms with Gasteiger partial charge in [0.2, 0.25) is 5.91 Å². The number of carbonyl (C=O) groups excluding carboxylic acids is 1. The van der Waals surface area contributed by atoms with Crippen molar-refractivity contribution in [3.63, 3.8) is 0 Å². The molecule has 1 amide bonds. The first-order chi connectivity index (χ1) is 14.5. The Morgan fingerprint density at radius 2 is 1.83 bits per heavy atom. The largest absolute Gasteiger partial charge is 0.332 e. The molecule has 0 aliphatic carbocycles. The van der Waals surface area contributed by atoms with Crippen molar-refractivity contribution in [1.82, 2.24) is 19.9 Å². The lowest BCUT2D eigenvalue weighted by atomic mass is 10.2. The van der Waals surface area contributed by atoms with Crippen LogP contribution in [0.15, 0.2) is 53.3 Å². The van der Waals surface area contributed by atoms with Crippen LogP contribution in [0.4, 0.5) is 0 Å². The molecule has 2 heterocycles. The van der Waals surface area contributed by atoms with Crippen LogP contribution in [0.5, 0.6) is 0 Å². The summed E-state index contributed by atoms with van der Waals surface area (Å²) in [5.74, 6) is 1.57. The highest BCUT2D eigenvalue weighted by Gasteiger charge is 2.19. The number of rotatable bonds is 7. The number of thiazole rings is 1. The zero-order valence-electron chi connectivity index (χ0n) is 16.8. The summed E-state index contributed by atoms with van der Waals surface area (Å²) in [6.45, 7) is 4.21. The number of aromatic nitrogens is 3. The normalized spacial score (nSPS) is 11.4. The van der Waals surface area contributed by atoms with Gasteiger partial charge in [-0.05, 0) is 38.1 Å². The summed E-state index contributed by atoms with van der Waals surface area (Å²) in [4.78, 5) is 38.9. The monoisotopic (exact) mass is 438 g/mol. The van der Waals surface area contributed by atoms with Gasteiger partial charge >= 0.3 is 0 Å². The Kier molecular flexibility index (Phi) is 6.15. The summed E-state index contributed by atoms with van der Waals surface area (Å²) >= 11 is 3.22. The number of carbonyl (C=O) groups is 1. The Labute approximate surface area is 182 Å². The van der Waals surface area contributed by atoms with E-state index in [2.05, 4.69) is 21.0 Å². The van der Waals surface area contributed by atoms with E-state index in [0.29, 0.717) is 28.2 Å². The van der Waals surface area contributed by atoms with Gasteiger partial charge in [0.1, 0.15) is 10.8 Å². The molecule has 2 aromatic carbocycles. The van der Waals surface area contributed by atoms with Crippen molar-refractivity contribution in [3.05, 3.63) is 69.7 Å². The molecule has 0 aliphatic rings. The number of hydrogen-bond acceptors (Lipinski definition) is 6. The average molecular weight is 439 g/mol. The molecule has 154 valence electrons. The summed E-state index contributed by atoms with van der Waals surface area (Å²) in [7, 11) is 0. The smallest absolute Gasteiger partial charge is 0.258 e. The number of benzene rings is 2. The Bertz CT molecular complexity index is 1220. The third-order valence-electron chi connectivity index (χ3n) is 4.71. The summed E-state index contributed by atoms with van der Waals surface area (Å²) in [6, 6.07) is 15.3. The van der Waals surface area contributed by atoms with Crippen LogP contribution >= 0.6 is 23.1 Å². The molecule has 0 bridgehead atoms. The molecule has 0 spiro atoms. The first-order valence-electron chi connectivity index (χ1n) is 9.71. The number of aromatic amines is 1. The van der Waals surface area contributed by atoms with Crippen molar-refractivity contribution in [2.75, 3.05) is 5.75 Å². The van der Waals surface area contributed by atoms with Gasteiger partial charge in [-0.2, -0.15) is 0 Å². The number of nitrogens with one attached hydrogen (secondary N) is 1. The van der Waals surface area contributed by atoms with Crippen LogP contribution < -0.4 is 5.56 Å². The highest BCUT2D eigenvalue weighted by atomic mass is 32.2. The Morgan fingerprint density at radius 3 is 2.60 bits per heavy atom. The van der Waals surface area contributed by atoms with E-state index < -0.39 is 0 Å². The van der Waals surface area contributed by atoms with Crippen molar-refractivity contribution in [2.45, 2.75) is 32.2 Å². The van der Waals surface area contributed by atoms with E-state index in [1.165, 1.54) is 0 Å². The molecule has 4 aromatic rings. The molecule has 0 unspecified atom stereocenters. The second-order valence-electron chi connectivity index (χ2n) is 7.21. The van der Waals surface area contributed by atoms with Crippen LogP contribution in [0.3, 0.4) is 0 Å². The third kappa shape index (κ3) is 4.55. The predicted molar refractivity (Wildman–Crippen MR) is 124 cm³/mol. The number of para-hydroxylation sites is 2. The Morgan fingerprint density at radius 1 is 1.10 bits per heavy atom. The minimum absolute atomic E-state index is 0.00248. The molecular weight excluding hydrogens is 416 g/mol. The predicted octanol–water partition coefficient (Wildman–Crippen LogP) is 4.20. The van der Waals surface area contributed by atoms with E-state index in [-0.39, 0.29) is 24.1 Å². The van der Waals surface area contributed by atoms with Gasteiger partial charge in [-0.15, -0.1) is 23.1 Å². The topological polar surface area (TPSA) is 79.0 Å². The maximum atomic E-state index is 12.9. The minimum Gasteiger partial charge on any atom is -0.332 e. The molecular formula is C22H22N4O2S2. The van der Waals surface area contributed by atoms with Crippen LogP contribution in [0.25, 0.3) is 21.1 Å². The molecule has 8 heteroatoms. The maximum Gasteiger partial charge on any atom is 0.258 e. The van der Waals surface area contributed by atoms with Gasteiger partial charge in [-0.3, -0.25) is 9.59 Å². The van der Waals surface area contributed by atoms with Gasteiger partial charge in [0, 0.05) is 11.8 Å². The van der Waals surface area contributed by atoms with Crippen molar-refractivity contribution in [2.24, 2.45) is 0 Å². The number of hydrogen-bond donors (Lipinski definition) is 1. The zero-order chi connectivity index (χ0) is 21.1. The van der Waals surface area contributed by atoms with Crippen LogP contribution in [0.1, 0.15) is 24.7 Å². The van der Waals surface area contributed by atoms with E-state index in [1.54, 1.807) is 34.1 Å². The van der Waals surface area contributed by atoms with Crippen molar-refractivity contribution in [1.29, 1.82) is 0 Å². The first kappa shape index (κ1) is 20.6. The number of fused-ring (bicyclic) bond motifs is 2. The van der Waals surface area contributed by atoms with Crippen molar-refractivity contribution < 1.29 is 4.79 Å². The first-order valence-corrected chi connectivity index (χ1v) is 11.7. The molecule has 0 aliphatic heterocycles.